The Kier molecular flexibility index (Phi) is 4.55. The average molecular weight is 310 g/mol. The van der Waals surface area contributed by atoms with Crippen molar-refractivity contribution in [2.45, 2.75) is 0 Å². The van der Waals surface area contributed by atoms with Gasteiger partial charge in [-0.1, -0.05) is 0 Å². The first-order chi connectivity index (χ1) is 10.5. The molecule has 0 unspecified atom stereocenters. The third-order valence-electron chi connectivity index (χ3n) is 3.40. The summed E-state index contributed by atoms with van der Waals surface area (Å²) < 4.78 is 9.34. The summed E-state index contributed by atoms with van der Waals surface area (Å²) in [4.78, 5) is 34.6. The molecule has 0 saturated carbocycles. The molecule has 0 bridgehead atoms. The monoisotopic (exact) mass is 310 g/mol. The van der Waals surface area contributed by atoms with E-state index >= 15 is 0 Å². The highest BCUT2D eigenvalue weighted by Crippen LogP contribution is 2.22. The smallest absolute Gasteiger partial charge is 0.346 e. The summed E-state index contributed by atoms with van der Waals surface area (Å²) in [6, 6.07) is 3.74. The third-order valence-corrected chi connectivity index (χ3v) is 3.40. The van der Waals surface area contributed by atoms with Crippen LogP contribution in [0.2, 0.25) is 0 Å². The SMILES string of the molecule is O=C(OCC(CO)(CO)CO)c1ccc2c(c1)C(=O)OC2=O. The van der Waals surface area contributed by atoms with Gasteiger partial charge in [-0.05, 0) is 18.2 Å². The number of aliphatic hydroxyl groups is 3. The molecule has 118 valence electrons. The zero-order valence-electron chi connectivity index (χ0n) is 11.4. The minimum Gasteiger partial charge on any atom is -0.461 e. The second-order valence-corrected chi connectivity index (χ2v) is 4.99. The van der Waals surface area contributed by atoms with Crippen molar-refractivity contribution in [3.8, 4) is 0 Å². The second-order valence-electron chi connectivity index (χ2n) is 4.99. The minimum atomic E-state index is -1.35. The van der Waals surface area contributed by atoms with Gasteiger partial charge in [-0.25, -0.2) is 14.4 Å². The lowest BCUT2D eigenvalue weighted by atomic mass is 9.92. The van der Waals surface area contributed by atoms with Gasteiger partial charge in [-0.15, -0.1) is 0 Å². The molecule has 1 aliphatic heterocycles. The van der Waals surface area contributed by atoms with E-state index in [0.717, 1.165) is 0 Å². The number of benzene rings is 1. The van der Waals surface area contributed by atoms with E-state index in [4.69, 9.17) is 20.1 Å². The van der Waals surface area contributed by atoms with Gasteiger partial charge in [0.1, 0.15) is 6.61 Å². The highest BCUT2D eigenvalue weighted by atomic mass is 16.6. The van der Waals surface area contributed by atoms with Crippen LogP contribution in [0.5, 0.6) is 0 Å². The Balaban J connectivity index is 2.13. The van der Waals surface area contributed by atoms with E-state index in [1.54, 1.807) is 0 Å². The fourth-order valence-corrected chi connectivity index (χ4v) is 1.80. The number of fused-ring (bicyclic) bond motifs is 1. The summed E-state index contributed by atoms with van der Waals surface area (Å²) in [5.74, 6) is -2.44. The average Bonchev–Trinajstić information content (AvgIpc) is 2.83. The van der Waals surface area contributed by atoms with Crippen LogP contribution in [0.4, 0.5) is 0 Å². The van der Waals surface area contributed by atoms with Crippen LogP contribution < -0.4 is 0 Å². The first-order valence-electron chi connectivity index (χ1n) is 6.36. The maximum atomic E-state index is 11.9. The standard InChI is InChI=1S/C14H14O8/c15-4-14(5-16,6-17)7-21-11(18)8-1-2-9-10(3-8)13(20)22-12(9)19/h1-3,15-17H,4-7H2. The number of hydrogen-bond donors (Lipinski definition) is 3. The lowest BCUT2D eigenvalue weighted by molar-refractivity contribution is -0.0441. The number of ether oxygens (including phenoxy) is 2. The van der Waals surface area contributed by atoms with Crippen molar-refractivity contribution < 1.29 is 39.2 Å². The first-order valence-corrected chi connectivity index (χ1v) is 6.36. The van der Waals surface area contributed by atoms with Crippen LogP contribution in [0.25, 0.3) is 0 Å². The molecule has 1 aromatic carbocycles. The predicted octanol–water partition coefficient (Wildman–Crippen LogP) is -0.883. The Labute approximate surface area is 124 Å². The van der Waals surface area contributed by atoms with E-state index in [9.17, 15) is 14.4 Å². The summed E-state index contributed by atoms with van der Waals surface area (Å²) in [6.07, 6.45) is 0. The number of carbonyl (C=O) groups excluding carboxylic acids is 3. The number of carbonyl (C=O) groups is 3. The van der Waals surface area contributed by atoms with Crippen molar-refractivity contribution in [2.24, 2.45) is 5.41 Å². The maximum absolute atomic E-state index is 11.9. The molecule has 0 aromatic heterocycles. The number of rotatable bonds is 6. The molecule has 1 aliphatic rings. The van der Waals surface area contributed by atoms with E-state index < -0.39 is 49.8 Å². The molecule has 1 heterocycles. The van der Waals surface area contributed by atoms with Crippen LogP contribution in [0.1, 0.15) is 31.1 Å². The summed E-state index contributed by atoms with van der Waals surface area (Å²) in [6.45, 7) is -2.12. The van der Waals surface area contributed by atoms with E-state index in [-0.39, 0.29) is 16.7 Å². The van der Waals surface area contributed by atoms with Crippen molar-refractivity contribution in [2.75, 3.05) is 26.4 Å². The molecule has 3 N–H and O–H groups in total. The molecule has 0 spiro atoms. The van der Waals surface area contributed by atoms with Crippen LogP contribution in [0, 0.1) is 5.41 Å². The Morgan fingerprint density at radius 2 is 1.64 bits per heavy atom. The lowest BCUT2D eigenvalue weighted by Gasteiger charge is -2.26. The predicted molar refractivity (Wildman–Crippen MR) is 70.2 cm³/mol. The molecule has 8 heteroatoms. The molecule has 0 atom stereocenters. The Bertz CT molecular complexity index is 609. The van der Waals surface area contributed by atoms with Gasteiger partial charge in [0.25, 0.3) is 0 Å². The summed E-state index contributed by atoms with van der Waals surface area (Å²) in [7, 11) is 0. The summed E-state index contributed by atoms with van der Waals surface area (Å²) >= 11 is 0. The van der Waals surface area contributed by atoms with Crippen LogP contribution >= 0.6 is 0 Å². The topological polar surface area (TPSA) is 130 Å². The van der Waals surface area contributed by atoms with Gasteiger partial charge < -0.3 is 24.8 Å². The van der Waals surface area contributed by atoms with Gasteiger partial charge in [0.2, 0.25) is 0 Å². The Morgan fingerprint density at radius 3 is 2.23 bits per heavy atom. The number of hydrogen-bond acceptors (Lipinski definition) is 8. The molecule has 0 fully saturated rings. The van der Waals surface area contributed by atoms with Gasteiger partial charge in [0, 0.05) is 0 Å². The fraction of sp³-hybridized carbons (Fsp3) is 0.357. The van der Waals surface area contributed by atoms with E-state index in [1.807, 2.05) is 0 Å². The number of aliphatic hydroxyl groups excluding tert-OH is 3. The molecule has 2 rings (SSSR count). The summed E-state index contributed by atoms with van der Waals surface area (Å²) in [5.41, 5.74) is -1.30. The highest BCUT2D eigenvalue weighted by molar-refractivity contribution is 6.15. The molecule has 1 aromatic rings. The fourth-order valence-electron chi connectivity index (χ4n) is 1.80. The molecule has 0 radical (unpaired) electrons. The van der Waals surface area contributed by atoms with Gasteiger partial charge in [-0.3, -0.25) is 0 Å². The van der Waals surface area contributed by atoms with Crippen molar-refractivity contribution in [1.82, 2.24) is 0 Å². The molecule has 22 heavy (non-hydrogen) atoms. The van der Waals surface area contributed by atoms with Crippen molar-refractivity contribution in [3.63, 3.8) is 0 Å². The molecular weight excluding hydrogens is 296 g/mol. The Morgan fingerprint density at radius 1 is 1.05 bits per heavy atom. The zero-order chi connectivity index (χ0) is 16.3. The van der Waals surface area contributed by atoms with Crippen LogP contribution in [-0.4, -0.2) is 59.7 Å². The lowest BCUT2D eigenvalue weighted by Crippen LogP contribution is -2.39. The van der Waals surface area contributed by atoms with Crippen LogP contribution in [-0.2, 0) is 9.47 Å². The maximum Gasteiger partial charge on any atom is 0.346 e. The molecule has 0 saturated heterocycles. The molecular formula is C14H14O8. The molecule has 8 nitrogen and oxygen atoms in total. The van der Waals surface area contributed by atoms with Crippen molar-refractivity contribution in [3.05, 3.63) is 34.9 Å². The minimum absolute atomic E-state index is 0.00752. The van der Waals surface area contributed by atoms with Crippen molar-refractivity contribution >= 4 is 17.9 Å². The normalized spacial score (nSPS) is 13.8. The van der Waals surface area contributed by atoms with E-state index in [1.165, 1.54) is 18.2 Å². The largest absolute Gasteiger partial charge is 0.461 e. The van der Waals surface area contributed by atoms with Crippen LogP contribution in [0.15, 0.2) is 18.2 Å². The third kappa shape index (κ3) is 2.84. The highest BCUT2D eigenvalue weighted by Gasteiger charge is 2.32. The second kappa shape index (κ2) is 6.22. The van der Waals surface area contributed by atoms with Gasteiger partial charge in [0.15, 0.2) is 0 Å². The van der Waals surface area contributed by atoms with Gasteiger partial charge in [-0.2, -0.15) is 0 Å². The quantitative estimate of drug-likeness (QED) is 0.456. The van der Waals surface area contributed by atoms with Gasteiger partial charge >= 0.3 is 17.9 Å². The van der Waals surface area contributed by atoms with E-state index in [2.05, 4.69) is 4.74 Å². The number of esters is 3. The zero-order valence-corrected chi connectivity index (χ0v) is 11.4. The number of cyclic esters (lactones) is 2. The molecule has 0 aliphatic carbocycles. The van der Waals surface area contributed by atoms with Gasteiger partial charge in [0.05, 0.1) is 41.9 Å². The van der Waals surface area contributed by atoms with E-state index in [0.29, 0.717) is 0 Å². The molecule has 0 amide bonds. The van der Waals surface area contributed by atoms with Crippen molar-refractivity contribution in [1.29, 1.82) is 0 Å². The summed E-state index contributed by atoms with van der Waals surface area (Å²) in [5, 5.41) is 27.4. The first kappa shape index (κ1) is 16.1. The Hall–Kier alpha value is -2.29. The van der Waals surface area contributed by atoms with Crippen LogP contribution in [0.3, 0.4) is 0 Å².